The van der Waals surface area contributed by atoms with Gasteiger partial charge in [-0.25, -0.2) is 4.79 Å². The van der Waals surface area contributed by atoms with E-state index >= 15 is 0 Å². The van der Waals surface area contributed by atoms with Gasteiger partial charge in [-0.05, 0) is 13.0 Å². The summed E-state index contributed by atoms with van der Waals surface area (Å²) < 4.78 is 16.4. The van der Waals surface area contributed by atoms with Crippen molar-refractivity contribution in [2.24, 2.45) is 0 Å². The molecule has 6 heteroatoms. The monoisotopic (exact) mass is 334 g/mol. The van der Waals surface area contributed by atoms with Crippen molar-refractivity contribution in [3.63, 3.8) is 0 Å². The van der Waals surface area contributed by atoms with E-state index in [1.165, 1.54) is 13.2 Å². The lowest BCUT2D eigenvalue weighted by molar-refractivity contribution is 0.0525. The fraction of sp³-hybridized carbons (Fsp3) is 0.316. The predicted molar refractivity (Wildman–Crippen MR) is 102 cm³/mol. The molecule has 1 heterocycles. The van der Waals surface area contributed by atoms with Crippen molar-refractivity contribution in [3.05, 3.63) is 41.5 Å². The van der Waals surface area contributed by atoms with Gasteiger partial charge in [-0.3, -0.25) is 0 Å². The van der Waals surface area contributed by atoms with Crippen LogP contribution in [0.1, 0.15) is 36.7 Å². The number of carbonyl (C=O) groups is 1. The zero-order valence-electron chi connectivity index (χ0n) is 15.0. The van der Waals surface area contributed by atoms with Crippen molar-refractivity contribution in [3.8, 4) is 11.5 Å². The first-order chi connectivity index (χ1) is 12.0. The fourth-order valence-corrected chi connectivity index (χ4v) is 2.71. The topological polar surface area (TPSA) is 44.8 Å². The van der Waals surface area contributed by atoms with Gasteiger partial charge in [0, 0.05) is 16.2 Å². The predicted octanol–water partition coefficient (Wildman–Crippen LogP) is 3.45. The van der Waals surface area contributed by atoms with E-state index in [0.29, 0.717) is 28.0 Å². The molecular formula is C19H20B2O4. The second-order valence-corrected chi connectivity index (χ2v) is 5.21. The summed E-state index contributed by atoms with van der Waals surface area (Å²) in [5, 5.41) is -0.0321. The van der Waals surface area contributed by atoms with Crippen LogP contribution in [0.2, 0.25) is 0 Å². The van der Waals surface area contributed by atoms with Gasteiger partial charge in [0.25, 0.3) is 0 Å². The van der Waals surface area contributed by atoms with Crippen molar-refractivity contribution >= 4 is 38.5 Å². The van der Waals surface area contributed by atoms with Gasteiger partial charge in [0.05, 0.1) is 19.3 Å². The third-order valence-corrected chi connectivity index (χ3v) is 3.63. The summed E-state index contributed by atoms with van der Waals surface area (Å²) in [7, 11) is 13.2. The minimum Gasteiger partial charge on any atom is -0.502 e. The molecule has 3 rings (SSSR count). The molecule has 2 aromatic carbocycles. The Morgan fingerprint density at radius 1 is 1.20 bits per heavy atom. The molecule has 126 valence electrons. The maximum Gasteiger partial charge on any atom is 0.342 e. The number of esters is 1. The second-order valence-electron chi connectivity index (χ2n) is 5.21. The van der Waals surface area contributed by atoms with Crippen LogP contribution >= 0.6 is 0 Å². The molecule has 0 N–H and O–H groups in total. The van der Waals surface area contributed by atoms with E-state index in [1.807, 2.05) is 32.0 Å². The van der Waals surface area contributed by atoms with Crippen LogP contribution in [0.15, 0.2) is 30.3 Å². The van der Waals surface area contributed by atoms with E-state index < -0.39 is 11.4 Å². The van der Waals surface area contributed by atoms with Crippen LogP contribution in [0.25, 0.3) is 16.8 Å². The van der Waals surface area contributed by atoms with E-state index in [-0.39, 0.29) is 6.61 Å². The number of benzene rings is 2. The first kappa shape index (κ1) is 19.0. The lowest BCUT2D eigenvalue weighted by Crippen LogP contribution is -2.36. The first-order valence-electron chi connectivity index (χ1n) is 8.24. The van der Waals surface area contributed by atoms with Crippen LogP contribution in [0, 0.1) is 0 Å². The molecule has 0 fully saturated rings. The van der Waals surface area contributed by atoms with Gasteiger partial charge in [-0.1, -0.05) is 44.2 Å². The smallest absolute Gasteiger partial charge is 0.342 e. The molecule has 4 radical (unpaired) electrons. The molecule has 0 bridgehead atoms. The van der Waals surface area contributed by atoms with Gasteiger partial charge in [-0.15, -0.1) is 0 Å². The average molecular weight is 334 g/mol. The molecule has 0 unspecified atom stereocenters. The van der Waals surface area contributed by atoms with Crippen molar-refractivity contribution in [1.82, 2.24) is 0 Å². The summed E-state index contributed by atoms with van der Waals surface area (Å²) in [5.74, 6) is 0.413. The normalized spacial score (nSPS) is 13.9. The summed E-state index contributed by atoms with van der Waals surface area (Å²) in [6, 6.07) is 7.32. The van der Waals surface area contributed by atoms with E-state index in [0.717, 1.165) is 5.39 Å². The molecule has 1 aliphatic heterocycles. The van der Waals surface area contributed by atoms with Crippen LogP contribution in [-0.4, -0.2) is 40.8 Å². The molecular weight excluding hydrogens is 314 g/mol. The van der Waals surface area contributed by atoms with Crippen LogP contribution < -0.4 is 9.47 Å². The lowest BCUT2D eigenvalue weighted by Gasteiger charge is -2.31. The van der Waals surface area contributed by atoms with E-state index in [1.54, 1.807) is 19.1 Å². The Hall–Kier alpha value is -2.36. The van der Waals surface area contributed by atoms with Gasteiger partial charge in [0.15, 0.2) is 0 Å². The number of carbonyl (C=O) groups excluding carboxylic acids is 1. The number of fused-ring (bicyclic) bond motifs is 3. The van der Waals surface area contributed by atoms with Gasteiger partial charge in [0.1, 0.15) is 32.8 Å². The summed E-state index contributed by atoms with van der Waals surface area (Å²) in [4.78, 5) is 12.4. The summed E-state index contributed by atoms with van der Waals surface area (Å²) >= 11 is 0. The maximum atomic E-state index is 12.4. The molecule has 0 aliphatic carbocycles. The quantitative estimate of drug-likeness (QED) is 0.637. The standard InChI is InChI=1S/C17H14B2O4.C2H6/c1-3-22-16(20)13-10-6-4-5-7-11(10)14-12(15(13)21-2)8-9-17(18,19)23-14;1-2/h4-9H,3H2,1-2H3;1-2H3. The van der Waals surface area contributed by atoms with Crippen molar-refractivity contribution in [2.75, 3.05) is 13.7 Å². The molecule has 0 atom stereocenters. The SMILES string of the molecule is CC.[B]C1([B])C=Cc2c(OC)c(C(=O)OCC)c3ccccc3c2O1. The highest BCUT2D eigenvalue weighted by molar-refractivity contribution is 6.41. The second kappa shape index (κ2) is 7.68. The summed E-state index contributed by atoms with van der Waals surface area (Å²) in [5.41, 5.74) is 0.972. The van der Waals surface area contributed by atoms with Gasteiger partial charge in [0.2, 0.25) is 0 Å². The summed E-state index contributed by atoms with van der Waals surface area (Å²) in [6.45, 7) is 6.03. The zero-order valence-corrected chi connectivity index (χ0v) is 15.0. The number of hydrogen-bond donors (Lipinski definition) is 0. The third kappa shape index (κ3) is 3.53. The molecule has 0 spiro atoms. The third-order valence-electron chi connectivity index (χ3n) is 3.63. The Labute approximate surface area is 151 Å². The lowest BCUT2D eigenvalue weighted by atomic mass is 9.64. The van der Waals surface area contributed by atoms with Crippen molar-refractivity contribution < 1.29 is 19.0 Å². The van der Waals surface area contributed by atoms with E-state index in [9.17, 15) is 4.79 Å². The maximum absolute atomic E-state index is 12.4. The zero-order chi connectivity index (χ0) is 18.6. The van der Waals surface area contributed by atoms with E-state index in [2.05, 4.69) is 0 Å². The first-order valence-corrected chi connectivity index (χ1v) is 8.24. The van der Waals surface area contributed by atoms with Crippen molar-refractivity contribution in [1.29, 1.82) is 0 Å². The van der Waals surface area contributed by atoms with Gasteiger partial charge < -0.3 is 14.2 Å². The number of hydrogen-bond acceptors (Lipinski definition) is 4. The molecule has 0 amide bonds. The number of ether oxygens (including phenoxy) is 3. The average Bonchev–Trinajstić information content (AvgIpc) is 2.61. The number of rotatable bonds is 3. The van der Waals surface area contributed by atoms with Crippen LogP contribution in [-0.2, 0) is 4.74 Å². The van der Waals surface area contributed by atoms with Gasteiger partial charge >= 0.3 is 5.97 Å². The highest BCUT2D eigenvalue weighted by atomic mass is 16.5. The molecule has 0 saturated carbocycles. The minimum atomic E-state index is -1.41. The molecule has 2 aromatic rings. The Balaban J connectivity index is 0.00000109. The molecule has 4 nitrogen and oxygen atoms in total. The minimum absolute atomic E-state index is 0.272. The Morgan fingerprint density at radius 3 is 2.44 bits per heavy atom. The Bertz CT molecular complexity index is 813. The molecule has 1 aliphatic rings. The van der Waals surface area contributed by atoms with Gasteiger partial charge in [-0.2, -0.15) is 0 Å². The fourth-order valence-electron chi connectivity index (χ4n) is 2.71. The van der Waals surface area contributed by atoms with E-state index in [4.69, 9.17) is 29.9 Å². The largest absolute Gasteiger partial charge is 0.502 e. The molecule has 25 heavy (non-hydrogen) atoms. The molecule has 0 saturated heterocycles. The highest BCUT2D eigenvalue weighted by Crippen LogP contribution is 2.44. The van der Waals surface area contributed by atoms with Crippen molar-refractivity contribution in [2.45, 2.75) is 26.2 Å². The summed E-state index contributed by atoms with van der Waals surface area (Å²) in [6.07, 6.45) is 3.22. The van der Waals surface area contributed by atoms with Crippen LogP contribution in [0.4, 0.5) is 0 Å². The highest BCUT2D eigenvalue weighted by Gasteiger charge is 2.30. The molecule has 0 aromatic heterocycles. The Kier molecular flexibility index (Phi) is 5.83. The number of methoxy groups -OCH3 is 1. The van der Waals surface area contributed by atoms with Crippen LogP contribution in [0.5, 0.6) is 11.5 Å². The Morgan fingerprint density at radius 2 is 1.84 bits per heavy atom. The van der Waals surface area contributed by atoms with Crippen LogP contribution in [0.3, 0.4) is 0 Å².